The quantitative estimate of drug-likeness (QED) is 0.843. The van der Waals surface area contributed by atoms with Crippen LogP contribution in [0.1, 0.15) is 27.7 Å². The Morgan fingerprint density at radius 1 is 1.47 bits per heavy atom. The number of rotatable bonds is 2. The number of nitrogens with one attached hydrogen (secondary N) is 1. The molecule has 3 nitrogen and oxygen atoms in total. The molecule has 4 heteroatoms. The van der Waals surface area contributed by atoms with Gasteiger partial charge in [0.1, 0.15) is 0 Å². The Bertz CT molecular complexity index is 358. The predicted octanol–water partition coefficient (Wildman–Crippen LogP) is 1.59. The molecule has 2 radical (unpaired) electrons. The van der Waals surface area contributed by atoms with Crippen LogP contribution >= 0.6 is 0 Å². The van der Waals surface area contributed by atoms with Crippen molar-refractivity contribution in [3.8, 4) is 0 Å². The van der Waals surface area contributed by atoms with Crippen molar-refractivity contribution < 1.29 is 4.79 Å². The van der Waals surface area contributed by atoms with E-state index in [9.17, 15) is 4.79 Å². The summed E-state index contributed by atoms with van der Waals surface area (Å²) in [4.78, 5) is 15.2. The maximum absolute atomic E-state index is 10.9. The van der Waals surface area contributed by atoms with Crippen LogP contribution in [0.15, 0.2) is 18.3 Å². The summed E-state index contributed by atoms with van der Waals surface area (Å²) in [6.07, 6.45) is 1.77. The van der Waals surface area contributed by atoms with Gasteiger partial charge in [-0.2, -0.15) is 0 Å². The Hall–Kier alpha value is -0.581. The Morgan fingerprint density at radius 3 is 2.67 bits per heavy atom. The molecule has 1 heterocycles. The summed E-state index contributed by atoms with van der Waals surface area (Å²) < 4.78 is 1.56. The van der Waals surface area contributed by atoms with Crippen LogP contribution in [0.4, 0.5) is 5.69 Å². The molecule has 0 saturated heterocycles. The van der Waals surface area contributed by atoms with Gasteiger partial charge in [0.15, 0.2) is 0 Å². The van der Waals surface area contributed by atoms with Crippen molar-refractivity contribution in [3.05, 3.63) is 18.3 Å². The molecule has 0 aromatic carbocycles. The molecule has 1 aromatic heterocycles. The fourth-order valence-corrected chi connectivity index (χ4v) is 4.40. The standard InChI is InChI=1S/C7H7N2O.C4H9.Sn/c1-6(10)9-7-2-4-8-5-3-7;1-4(2)3;/h2-4H,1H3,(H,8,9,10);1-3H3;. The summed E-state index contributed by atoms with van der Waals surface area (Å²) in [5.74, 6) is -0.0340. The third-order valence-corrected chi connectivity index (χ3v) is 5.24. The molecule has 15 heavy (non-hydrogen) atoms. The van der Waals surface area contributed by atoms with Gasteiger partial charge in [-0.25, -0.2) is 0 Å². The zero-order valence-electron chi connectivity index (χ0n) is 9.59. The molecule has 1 N–H and O–H groups in total. The maximum atomic E-state index is 10.9. The molecule has 0 saturated carbocycles. The minimum absolute atomic E-state index is 0.0340. The van der Waals surface area contributed by atoms with Crippen LogP contribution in [0.25, 0.3) is 0 Å². The van der Waals surface area contributed by atoms with Gasteiger partial charge in [-0.05, 0) is 0 Å². The molecule has 0 fully saturated rings. The Labute approximate surface area is 101 Å². The number of hydrogen-bond acceptors (Lipinski definition) is 2. The van der Waals surface area contributed by atoms with E-state index in [1.165, 1.54) is 10.6 Å². The SMILES string of the molecule is CC(=O)Nc1ccn[c]([Sn][C](C)(C)C)c1. The Kier molecular flexibility index (Phi) is 4.13. The van der Waals surface area contributed by atoms with Crippen LogP contribution in [0.2, 0.25) is 3.43 Å². The van der Waals surface area contributed by atoms with E-state index in [0.717, 1.165) is 5.69 Å². The van der Waals surface area contributed by atoms with Crippen molar-refractivity contribution in [1.82, 2.24) is 4.98 Å². The third kappa shape index (κ3) is 5.16. The first-order valence-electron chi connectivity index (χ1n) is 4.89. The van der Waals surface area contributed by atoms with Crippen LogP contribution < -0.4 is 9.03 Å². The summed E-state index contributed by atoms with van der Waals surface area (Å²) in [5.41, 5.74) is 0.859. The van der Waals surface area contributed by atoms with E-state index in [1.54, 1.807) is 6.20 Å². The average Bonchev–Trinajstić information content (AvgIpc) is 1.99. The number of hydrogen-bond donors (Lipinski definition) is 1. The number of nitrogens with zero attached hydrogens (tertiary/aromatic N) is 1. The molecule has 0 unspecified atom stereocenters. The molecule has 0 aliphatic heterocycles. The number of aromatic nitrogens is 1. The summed E-state index contributed by atoms with van der Waals surface area (Å²) in [7, 11) is 0. The van der Waals surface area contributed by atoms with Gasteiger partial charge < -0.3 is 0 Å². The van der Waals surface area contributed by atoms with Crippen molar-refractivity contribution >= 4 is 36.4 Å². The molecule has 0 bridgehead atoms. The van der Waals surface area contributed by atoms with Crippen molar-refractivity contribution in [2.24, 2.45) is 0 Å². The summed E-state index contributed by atoms with van der Waals surface area (Å²) in [6.45, 7) is 8.24. The van der Waals surface area contributed by atoms with E-state index in [0.29, 0.717) is 3.43 Å². The number of amides is 1. The molecular formula is C11H16N2OSn. The van der Waals surface area contributed by atoms with Gasteiger partial charge in [-0.15, -0.1) is 0 Å². The molecule has 0 aliphatic carbocycles. The second-order valence-electron chi connectivity index (χ2n) is 4.49. The first-order chi connectivity index (χ1) is 6.87. The molecule has 0 aliphatic rings. The normalized spacial score (nSPS) is 11.2. The second kappa shape index (κ2) is 4.96. The van der Waals surface area contributed by atoms with Gasteiger partial charge in [-0.1, -0.05) is 0 Å². The van der Waals surface area contributed by atoms with Gasteiger partial charge in [0.2, 0.25) is 0 Å². The van der Waals surface area contributed by atoms with Crippen molar-refractivity contribution in [3.63, 3.8) is 0 Å². The number of carbonyl (C=O) groups excluding carboxylic acids is 1. The van der Waals surface area contributed by atoms with Gasteiger partial charge in [0.25, 0.3) is 0 Å². The molecule has 80 valence electrons. The first-order valence-corrected chi connectivity index (χ1v) is 7.74. The van der Waals surface area contributed by atoms with Crippen LogP contribution in [-0.4, -0.2) is 32.0 Å². The van der Waals surface area contributed by atoms with E-state index >= 15 is 0 Å². The van der Waals surface area contributed by atoms with Crippen molar-refractivity contribution in [2.75, 3.05) is 5.32 Å². The molecule has 1 rings (SSSR count). The molecular weight excluding hydrogens is 295 g/mol. The monoisotopic (exact) mass is 312 g/mol. The Morgan fingerprint density at radius 2 is 2.13 bits per heavy atom. The number of anilines is 1. The van der Waals surface area contributed by atoms with Crippen molar-refractivity contribution in [1.29, 1.82) is 0 Å². The zero-order valence-corrected chi connectivity index (χ0v) is 12.4. The van der Waals surface area contributed by atoms with Crippen molar-refractivity contribution in [2.45, 2.75) is 31.1 Å². The van der Waals surface area contributed by atoms with Gasteiger partial charge in [-0.3, -0.25) is 0 Å². The van der Waals surface area contributed by atoms with Gasteiger partial charge in [0.05, 0.1) is 0 Å². The average molecular weight is 311 g/mol. The van der Waals surface area contributed by atoms with Gasteiger partial charge in [0, 0.05) is 0 Å². The summed E-state index contributed by atoms with van der Waals surface area (Å²) in [5, 5.41) is 2.78. The van der Waals surface area contributed by atoms with E-state index < -0.39 is 21.1 Å². The molecule has 0 atom stereocenters. The molecule has 1 amide bonds. The van der Waals surface area contributed by atoms with E-state index in [-0.39, 0.29) is 5.91 Å². The predicted molar refractivity (Wildman–Crippen MR) is 63.6 cm³/mol. The zero-order chi connectivity index (χ0) is 11.5. The van der Waals surface area contributed by atoms with E-state index in [2.05, 4.69) is 31.1 Å². The van der Waals surface area contributed by atoms with Crippen LogP contribution in [0.5, 0.6) is 0 Å². The number of pyridine rings is 1. The van der Waals surface area contributed by atoms with Crippen LogP contribution in [-0.2, 0) is 4.79 Å². The third-order valence-electron chi connectivity index (χ3n) is 1.58. The fraction of sp³-hybridized carbons (Fsp3) is 0.455. The summed E-state index contributed by atoms with van der Waals surface area (Å²) in [6, 6.07) is 3.83. The molecule has 0 spiro atoms. The van der Waals surface area contributed by atoms with Crippen LogP contribution in [0.3, 0.4) is 0 Å². The molecule has 1 aromatic rings. The first kappa shape index (κ1) is 12.5. The topological polar surface area (TPSA) is 42.0 Å². The second-order valence-corrected chi connectivity index (χ2v) is 10.9. The fourth-order valence-electron chi connectivity index (χ4n) is 1.16. The summed E-state index contributed by atoms with van der Waals surface area (Å²) >= 11 is -0.681. The van der Waals surface area contributed by atoms with E-state index in [1.807, 2.05) is 12.1 Å². The Balaban J connectivity index is 2.79. The van der Waals surface area contributed by atoms with Gasteiger partial charge >= 0.3 is 101 Å². The minimum atomic E-state index is -0.681. The van der Waals surface area contributed by atoms with E-state index in [4.69, 9.17) is 0 Å². The number of carbonyl (C=O) groups is 1. The van der Waals surface area contributed by atoms with Crippen LogP contribution in [0, 0.1) is 0 Å².